The van der Waals surface area contributed by atoms with Crippen molar-refractivity contribution in [3.05, 3.63) is 33.1 Å². The number of rotatable bonds is 2. The topological polar surface area (TPSA) is 114 Å². The Morgan fingerprint density at radius 1 is 1.33 bits per heavy atom. The zero-order valence-electron chi connectivity index (χ0n) is 9.63. The molecule has 0 bridgehead atoms. The molecule has 0 saturated carbocycles. The van der Waals surface area contributed by atoms with Crippen LogP contribution in [0.4, 0.5) is 0 Å². The number of hydrogen-bond donors (Lipinski definition) is 3. The van der Waals surface area contributed by atoms with Gasteiger partial charge in [0.2, 0.25) is 0 Å². The van der Waals surface area contributed by atoms with Crippen LogP contribution in [0.3, 0.4) is 0 Å². The summed E-state index contributed by atoms with van der Waals surface area (Å²) in [5.74, 6) is 0. The third kappa shape index (κ3) is 1.89. The van der Waals surface area contributed by atoms with E-state index in [0.717, 1.165) is 15.2 Å². The van der Waals surface area contributed by atoms with Crippen LogP contribution < -0.4 is 11.2 Å². The lowest BCUT2D eigenvalue weighted by molar-refractivity contribution is -0.0555. The molecule has 1 aliphatic heterocycles. The molecule has 1 aromatic heterocycles. The molecule has 2 rings (SSSR count). The predicted octanol–water partition coefficient (Wildman–Crippen LogP) is -2.84. The Bertz CT molecular complexity index is 550. The van der Waals surface area contributed by atoms with E-state index in [9.17, 15) is 19.8 Å². The normalized spacial score (nSPS) is 31.8. The minimum atomic E-state index is -1.35. The molecule has 18 heavy (non-hydrogen) atoms. The average molecular weight is 258 g/mol. The van der Waals surface area contributed by atoms with Crippen molar-refractivity contribution in [2.24, 2.45) is 7.05 Å². The van der Waals surface area contributed by atoms with Crippen LogP contribution in [0.15, 0.2) is 21.9 Å². The van der Waals surface area contributed by atoms with Gasteiger partial charge < -0.3 is 20.1 Å². The fourth-order valence-corrected chi connectivity index (χ4v) is 1.89. The molecular formula is C10H14N2O6. The summed E-state index contributed by atoms with van der Waals surface area (Å²) in [6.07, 6.45) is -3.54. The average Bonchev–Trinajstić information content (AvgIpc) is 2.64. The van der Waals surface area contributed by atoms with Crippen LogP contribution >= 0.6 is 0 Å². The smallest absolute Gasteiger partial charge is 0.332 e. The molecule has 0 aromatic carbocycles. The minimum Gasteiger partial charge on any atom is -0.394 e. The molecule has 1 aliphatic rings. The van der Waals surface area contributed by atoms with E-state index in [1.54, 1.807) is 0 Å². The number of aliphatic hydroxyl groups is 3. The van der Waals surface area contributed by atoms with Gasteiger partial charge >= 0.3 is 5.69 Å². The summed E-state index contributed by atoms with van der Waals surface area (Å²) < 4.78 is 7.06. The van der Waals surface area contributed by atoms with Crippen molar-refractivity contribution < 1.29 is 20.1 Å². The minimum absolute atomic E-state index is 0.477. The van der Waals surface area contributed by atoms with Crippen molar-refractivity contribution in [2.75, 3.05) is 6.61 Å². The molecule has 0 spiro atoms. The maximum Gasteiger partial charge on any atom is 0.332 e. The molecule has 8 nitrogen and oxygen atoms in total. The lowest BCUT2D eigenvalue weighted by atomic mass is 10.1. The van der Waals surface area contributed by atoms with Crippen LogP contribution in [-0.2, 0) is 11.8 Å². The molecule has 8 heteroatoms. The Labute approximate surface area is 101 Å². The fourth-order valence-electron chi connectivity index (χ4n) is 1.89. The van der Waals surface area contributed by atoms with Crippen LogP contribution in [-0.4, -0.2) is 49.4 Å². The van der Waals surface area contributed by atoms with Gasteiger partial charge in [-0.25, -0.2) is 4.79 Å². The third-order valence-corrected chi connectivity index (χ3v) is 3.01. The Morgan fingerprint density at radius 2 is 2.00 bits per heavy atom. The summed E-state index contributed by atoms with van der Waals surface area (Å²) in [5.41, 5.74) is -1.15. The van der Waals surface area contributed by atoms with Gasteiger partial charge in [-0.3, -0.25) is 13.9 Å². The maximum atomic E-state index is 11.8. The van der Waals surface area contributed by atoms with Crippen LogP contribution in [0.5, 0.6) is 0 Å². The molecule has 0 amide bonds. The Balaban J connectivity index is 2.42. The first kappa shape index (κ1) is 13.0. The SMILES string of the molecule is Cn1c(=O)ccn([C@@H]2O[C@H](CO)[C@H](O)C2O)c1=O. The highest BCUT2D eigenvalue weighted by molar-refractivity contribution is 4.93. The highest BCUT2D eigenvalue weighted by Gasteiger charge is 2.43. The van der Waals surface area contributed by atoms with Crippen molar-refractivity contribution in [1.29, 1.82) is 0 Å². The molecule has 0 aliphatic carbocycles. The molecule has 1 unspecified atom stereocenters. The van der Waals surface area contributed by atoms with E-state index in [2.05, 4.69) is 0 Å². The second-order valence-corrected chi connectivity index (χ2v) is 4.13. The molecular weight excluding hydrogens is 244 g/mol. The Kier molecular flexibility index (Phi) is 3.35. The van der Waals surface area contributed by atoms with Crippen molar-refractivity contribution in [2.45, 2.75) is 24.5 Å². The molecule has 3 N–H and O–H groups in total. The zero-order valence-corrected chi connectivity index (χ0v) is 9.63. The van der Waals surface area contributed by atoms with Gasteiger partial charge in [-0.2, -0.15) is 0 Å². The van der Waals surface area contributed by atoms with Crippen molar-refractivity contribution in [3.8, 4) is 0 Å². The second kappa shape index (κ2) is 4.65. The summed E-state index contributed by atoms with van der Waals surface area (Å²) in [7, 11) is 1.29. The van der Waals surface area contributed by atoms with Crippen molar-refractivity contribution in [3.63, 3.8) is 0 Å². The number of nitrogens with zero attached hydrogens (tertiary/aromatic N) is 2. The molecule has 100 valence electrons. The van der Waals surface area contributed by atoms with Gasteiger partial charge in [-0.1, -0.05) is 0 Å². The summed E-state index contributed by atoms with van der Waals surface area (Å²) in [6.45, 7) is -0.477. The van der Waals surface area contributed by atoms with E-state index >= 15 is 0 Å². The van der Waals surface area contributed by atoms with Crippen LogP contribution in [0.25, 0.3) is 0 Å². The van der Waals surface area contributed by atoms with E-state index in [4.69, 9.17) is 9.84 Å². The van der Waals surface area contributed by atoms with Crippen LogP contribution in [0, 0.1) is 0 Å². The summed E-state index contributed by atoms with van der Waals surface area (Å²) >= 11 is 0. The largest absolute Gasteiger partial charge is 0.394 e. The van der Waals surface area contributed by atoms with Gasteiger partial charge in [0.1, 0.15) is 18.3 Å². The molecule has 2 heterocycles. The number of aromatic nitrogens is 2. The monoisotopic (exact) mass is 258 g/mol. The van der Waals surface area contributed by atoms with Gasteiger partial charge in [-0.05, 0) is 0 Å². The lowest BCUT2D eigenvalue weighted by Gasteiger charge is -2.17. The first-order chi connectivity index (χ1) is 8.47. The number of aliphatic hydroxyl groups excluding tert-OH is 3. The van der Waals surface area contributed by atoms with E-state index < -0.39 is 42.4 Å². The van der Waals surface area contributed by atoms with Crippen molar-refractivity contribution in [1.82, 2.24) is 9.13 Å². The van der Waals surface area contributed by atoms with E-state index in [1.807, 2.05) is 0 Å². The highest BCUT2D eigenvalue weighted by atomic mass is 16.6. The summed E-state index contributed by atoms with van der Waals surface area (Å²) in [6, 6.07) is 1.15. The molecule has 1 aromatic rings. The van der Waals surface area contributed by atoms with Crippen LogP contribution in [0.2, 0.25) is 0 Å². The fraction of sp³-hybridized carbons (Fsp3) is 0.600. The van der Waals surface area contributed by atoms with E-state index in [0.29, 0.717) is 0 Å². The maximum absolute atomic E-state index is 11.8. The molecule has 1 saturated heterocycles. The number of hydrogen-bond acceptors (Lipinski definition) is 6. The molecule has 1 fully saturated rings. The molecule has 4 atom stereocenters. The quantitative estimate of drug-likeness (QED) is 0.526. The van der Waals surface area contributed by atoms with Gasteiger partial charge in [0.15, 0.2) is 6.23 Å². The first-order valence-corrected chi connectivity index (χ1v) is 5.38. The predicted molar refractivity (Wildman–Crippen MR) is 59.0 cm³/mol. The second-order valence-electron chi connectivity index (χ2n) is 4.13. The van der Waals surface area contributed by atoms with E-state index in [-0.39, 0.29) is 0 Å². The van der Waals surface area contributed by atoms with Gasteiger partial charge in [-0.15, -0.1) is 0 Å². The van der Waals surface area contributed by atoms with Crippen molar-refractivity contribution >= 4 is 0 Å². The van der Waals surface area contributed by atoms with Gasteiger partial charge in [0.25, 0.3) is 5.56 Å². The van der Waals surface area contributed by atoms with Gasteiger partial charge in [0, 0.05) is 19.3 Å². The molecule has 0 radical (unpaired) electrons. The van der Waals surface area contributed by atoms with Gasteiger partial charge in [0.05, 0.1) is 6.61 Å². The third-order valence-electron chi connectivity index (χ3n) is 3.01. The van der Waals surface area contributed by atoms with Crippen LogP contribution in [0.1, 0.15) is 6.23 Å². The summed E-state index contributed by atoms with van der Waals surface area (Å²) in [4.78, 5) is 23.0. The first-order valence-electron chi connectivity index (χ1n) is 5.38. The van der Waals surface area contributed by atoms with E-state index in [1.165, 1.54) is 13.2 Å². The zero-order chi connectivity index (χ0) is 13.4. The standard InChI is InChI=1S/C10H14N2O6/c1-11-6(14)2-3-12(10(11)17)9-8(16)7(15)5(4-13)18-9/h2-3,5,7-9,13,15-16H,4H2,1H3/t5-,7+,8?,9-/m1/s1. The number of ether oxygens (including phenoxy) is 1. The Hall–Kier alpha value is -1.48. The lowest BCUT2D eigenvalue weighted by Crippen LogP contribution is -2.41. The summed E-state index contributed by atoms with van der Waals surface area (Å²) in [5, 5.41) is 28.3. The highest BCUT2D eigenvalue weighted by Crippen LogP contribution is 2.27. The Morgan fingerprint density at radius 3 is 2.56 bits per heavy atom.